The van der Waals surface area contributed by atoms with E-state index in [1.165, 1.54) is 0 Å². The van der Waals surface area contributed by atoms with E-state index in [0.717, 1.165) is 27.9 Å². The second kappa shape index (κ2) is 5.04. The number of aromatic amines is 1. The number of hydrogen-bond donors (Lipinski definition) is 1. The molecule has 4 aromatic rings. The third-order valence-electron chi connectivity index (χ3n) is 3.51. The van der Waals surface area contributed by atoms with Gasteiger partial charge in [0.05, 0.1) is 7.11 Å². The van der Waals surface area contributed by atoms with E-state index in [1.807, 2.05) is 54.6 Å². The van der Waals surface area contributed by atoms with E-state index >= 15 is 0 Å². The fraction of sp³-hybridized carbons (Fsp3) is 0.0588. The Morgan fingerprint density at radius 2 is 1.95 bits per heavy atom. The lowest BCUT2D eigenvalue weighted by Gasteiger charge is -1.99. The quantitative estimate of drug-likeness (QED) is 0.622. The predicted molar refractivity (Wildman–Crippen MR) is 83.6 cm³/mol. The summed E-state index contributed by atoms with van der Waals surface area (Å²) in [7, 11) is 1.63. The Bertz CT molecular complexity index is 907. The van der Waals surface area contributed by atoms with Gasteiger partial charge in [-0.1, -0.05) is 35.5 Å². The Morgan fingerprint density at radius 1 is 1.05 bits per heavy atom. The molecule has 0 saturated heterocycles. The first-order valence-electron chi connectivity index (χ1n) is 6.90. The predicted octanol–water partition coefficient (Wildman–Crippen LogP) is 3.89. The van der Waals surface area contributed by atoms with Gasteiger partial charge in [0.15, 0.2) is 0 Å². The number of ether oxygens (including phenoxy) is 1. The first-order chi connectivity index (χ1) is 10.8. The van der Waals surface area contributed by atoms with Crippen LogP contribution in [0.3, 0.4) is 0 Å². The lowest BCUT2D eigenvalue weighted by atomic mass is 10.2. The standard InChI is InChI=1S/C17H13N3O2/c1-21-13-7-4-6-12(9-13)16-19-17(22-20-16)15-10-11-5-2-3-8-14(11)18-15/h2-10,18H,1H3. The van der Waals surface area contributed by atoms with Gasteiger partial charge < -0.3 is 14.2 Å². The zero-order valence-corrected chi connectivity index (χ0v) is 11.9. The van der Waals surface area contributed by atoms with Gasteiger partial charge in [-0.2, -0.15) is 4.98 Å². The van der Waals surface area contributed by atoms with E-state index in [1.54, 1.807) is 7.11 Å². The van der Waals surface area contributed by atoms with Crippen molar-refractivity contribution >= 4 is 10.9 Å². The monoisotopic (exact) mass is 291 g/mol. The molecule has 0 atom stereocenters. The van der Waals surface area contributed by atoms with Crippen LogP contribution in [-0.2, 0) is 0 Å². The number of H-pyrrole nitrogens is 1. The Morgan fingerprint density at radius 3 is 2.82 bits per heavy atom. The number of methoxy groups -OCH3 is 1. The fourth-order valence-electron chi connectivity index (χ4n) is 2.40. The first kappa shape index (κ1) is 12.6. The molecule has 0 aliphatic rings. The minimum absolute atomic E-state index is 0.467. The largest absolute Gasteiger partial charge is 0.497 e. The van der Waals surface area contributed by atoms with Crippen molar-refractivity contribution in [3.8, 4) is 28.7 Å². The molecule has 5 nitrogen and oxygen atoms in total. The number of rotatable bonds is 3. The maximum absolute atomic E-state index is 5.37. The van der Waals surface area contributed by atoms with Gasteiger partial charge in [-0.25, -0.2) is 0 Å². The van der Waals surface area contributed by atoms with Crippen molar-refractivity contribution in [1.29, 1.82) is 0 Å². The molecule has 0 fully saturated rings. The molecule has 5 heteroatoms. The highest BCUT2D eigenvalue weighted by Crippen LogP contribution is 2.26. The van der Waals surface area contributed by atoms with Crippen LogP contribution in [0.25, 0.3) is 33.9 Å². The number of nitrogens with one attached hydrogen (secondary N) is 1. The third kappa shape index (κ3) is 2.13. The molecule has 0 aliphatic heterocycles. The maximum atomic E-state index is 5.37. The van der Waals surface area contributed by atoms with Gasteiger partial charge in [0.25, 0.3) is 5.89 Å². The highest BCUT2D eigenvalue weighted by Gasteiger charge is 2.13. The number of para-hydroxylation sites is 1. The topological polar surface area (TPSA) is 63.9 Å². The van der Waals surface area contributed by atoms with Crippen LogP contribution >= 0.6 is 0 Å². The van der Waals surface area contributed by atoms with E-state index < -0.39 is 0 Å². The van der Waals surface area contributed by atoms with Crippen molar-refractivity contribution in [3.05, 3.63) is 54.6 Å². The Labute approximate surface area is 126 Å². The number of benzene rings is 2. The van der Waals surface area contributed by atoms with Gasteiger partial charge in [-0.15, -0.1) is 0 Å². The molecule has 1 N–H and O–H groups in total. The van der Waals surface area contributed by atoms with E-state index in [-0.39, 0.29) is 0 Å². The molecule has 2 aromatic carbocycles. The van der Waals surface area contributed by atoms with Crippen molar-refractivity contribution in [2.75, 3.05) is 7.11 Å². The van der Waals surface area contributed by atoms with Crippen LogP contribution in [0.5, 0.6) is 5.75 Å². The smallest absolute Gasteiger partial charge is 0.274 e. The molecule has 2 heterocycles. The molecule has 22 heavy (non-hydrogen) atoms. The van der Waals surface area contributed by atoms with Crippen LogP contribution in [0.1, 0.15) is 0 Å². The molecule has 0 bridgehead atoms. The number of nitrogens with zero attached hydrogens (tertiary/aromatic N) is 2. The number of fused-ring (bicyclic) bond motifs is 1. The molecular formula is C17H13N3O2. The van der Waals surface area contributed by atoms with Crippen LogP contribution in [-0.4, -0.2) is 22.2 Å². The summed E-state index contributed by atoms with van der Waals surface area (Å²) >= 11 is 0. The minimum atomic E-state index is 0.467. The molecular weight excluding hydrogens is 278 g/mol. The summed E-state index contributed by atoms with van der Waals surface area (Å²) in [6, 6.07) is 17.6. The van der Waals surface area contributed by atoms with Gasteiger partial charge in [0.2, 0.25) is 5.82 Å². The summed E-state index contributed by atoms with van der Waals surface area (Å²) in [5.41, 5.74) is 2.70. The highest BCUT2D eigenvalue weighted by molar-refractivity contribution is 5.84. The van der Waals surface area contributed by atoms with Gasteiger partial charge in [0.1, 0.15) is 11.4 Å². The van der Waals surface area contributed by atoms with E-state index in [2.05, 4.69) is 15.1 Å². The van der Waals surface area contributed by atoms with E-state index in [4.69, 9.17) is 9.26 Å². The van der Waals surface area contributed by atoms with Crippen molar-refractivity contribution in [1.82, 2.24) is 15.1 Å². The molecule has 0 radical (unpaired) electrons. The second-order valence-electron chi connectivity index (χ2n) is 4.93. The van der Waals surface area contributed by atoms with Crippen molar-refractivity contribution in [2.24, 2.45) is 0 Å². The summed E-state index contributed by atoms with van der Waals surface area (Å²) in [5.74, 6) is 1.76. The number of hydrogen-bond acceptors (Lipinski definition) is 4. The van der Waals surface area contributed by atoms with E-state index in [0.29, 0.717) is 11.7 Å². The minimum Gasteiger partial charge on any atom is -0.497 e. The zero-order valence-electron chi connectivity index (χ0n) is 11.9. The summed E-state index contributed by atoms with van der Waals surface area (Å²) < 4.78 is 10.6. The SMILES string of the molecule is COc1cccc(-c2noc(-c3cc4ccccc4[nH]3)n2)c1. The third-order valence-corrected chi connectivity index (χ3v) is 3.51. The van der Waals surface area contributed by atoms with Crippen molar-refractivity contribution in [2.45, 2.75) is 0 Å². The Balaban J connectivity index is 1.74. The summed E-state index contributed by atoms with van der Waals surface area (Å²) in [4.78, 5) is 7.74. The maximum Gasteiger partial charge on any atom is 0.274 e. The normalized spacial score (nSPS) is 11.0. The summed E-state index contributed by atoms with van der Waals surface area (Å²) in [6.07, 6.45) is 0. The molecule has 4 rings (SSSR count). The van der Waals surface area contributed by atoms with Gasteiger partial charge in [-0.05, 0) is 24.3 Å². The van der Waals surface area contributed by atoms with Crippen LogP contribution in [0.2, 0.25) is 0 Å². The molecule has 0 spiro atoms. The van der Waals surface area contributed by atoms with Gasteiger partial charge >= 0.3 is 0 Å². The molecule has 0 saturated carbocycles. The van der Waals surface area contributed by atoms with Crippen LogP contribution in [0.15, 0.2) is 59.1 Å². The lowest BCUT2D eigenvalue weighted by Crippen LogP contribution is -1.85. The van der Waals surface area contributed by atoms with Crippen LogP contribution in [0, 0.1) is 0 Å². The average molecular weight is 291 g/mol. The van der Waals surface area contributed by atoms with Crippen molar-refractivity contribution in [3.63, 3.8) is 0 Å². The summed E-state index contributed by atoms with van der Waals surface area (Å²) in [6.45, 7) is 0. The fourth-order valence-corrected chi connectivity index (χ4v) is 2.40. The van der Waals surface area contributed by atoms with Crippen LogP contribution < -0.4 is 4.74 Å². The van der Waals surface area contributed by atoms with E-state index in [9.17, 15) is 0 Å². The molecule has 0 unspecified atom stereocenters. The molecule has 0 aliphatic carbocycles. The molecule has 108 valence electrons. The van der Waals surface area contributed by atoms with Gasteiger partial charge in [0, 0.05) is 16.5 Å². The highest BCUT2D eigenvalue weighted by atomic mass is 16.5. The van der Waals surface area contributed by atoms with Gasteiger partial charge in [-0.3, -0.25) is 0 Å². The second-order valence-corrected chi connectivity index (χ2v) is 4.93. The molecule has 0 amide bonds. The summed E-state index contributed by atoms with van der Waals surface area (Å²) in [5, 5.41) is 5.16. The lowest BCUT2D eigenvalue weighted by molar-refractivity contribution is 0.414. The first-order valence-corrected chi connectivity index (χ1v) is 6.90. The molecule has 2 aromatic heterocycles. The average Bonchev–Trinajstić information content (AvgIpc) is 3.21. The van der Waals surface area contributed by atoms with Crippen molar-refractivity contribution < 1.29 is 9.26 Å². The Hall–Kier alpha value is -3.08. The Kier molecular flexibility index (Phi) is 2.89. The number of aromatic nitrogens is 3. The van der Waals surface area contributed by atoms with Crippen LogP contribution in [0.4, 0.5) is 0 Å². The zero-order chi connectivity index (χ0) is 14.9.